The molecule has 6 nitrogen and oxygen atoms in total. The molecule has 1 aromatic carbocycles. The normalized spacial score (nSPS) is 20.8. The number of piperidine rings is 1. The summed E-state index contributed by atoms with van der Waals surface area (Å²) in [6.07, 6.45) is 2.46. The van der Waals surface area contributed by atoms with E-state index in [-0.39, 0.29) is 18.4 Å². The third-order valence-corrected chi connectivity index (χ3v) is 5.02. The lowest BCUT2D eigenvalue weighted by Crippen LogP contribution is -2.41. The van der Waals surface area contributed by atoms with Crippen LogP contribution in [0.3, 0.4) is 0 Å². The zero-order chi connectivity index (χ0) is 17.2. The highest BCUT2D eigenvalue weighted by molar-refractivity contribution is 5.87. The van der Waals surface area contributed by atoms with E-state index in [2.05, 4.69) is 44.1 Å². The molecule has 3 heterocycles. The SMILES string of the molecule is Nc1ccc2c(N3CCC(CO)C(c4ccccc4)C3)ncnc2n1. The minimum Gasteiger partial charge on any atom is -0.396 e. The van der Waals surface area contributed by atoms with Crippen molar-refractivity contribution in [1.82, 2.24) is 15.0 Å². The monoisotopic (exact) mass is 335 g/mol. The summed E-state index contributed by atoms with van der Waals surface area (Å²) in [5, 5.41) is 10.7. The van der Waals surface area contributed by atoms with Crippen LogP contribution in [0.25, 0.3) is 11.0 Å². The third kappa shape index (κ3) is 3.00. The van der Waals surface area contributed by atoms with E-state index in [1.807, 2.05) is 12.1 Å². The molecular weight excluding hydrogens is 314 g/mol. The second-order valence-electron chi connectivity index (χ2n) is 6.50. The van der Waals surface area contributed by atoms with Crippen molar-refractivity contribution >= 4 is 22.7 Å². The van der Waals surface area contributed by atoms with Gasteiger partial charge in [0.25, 0.3) is 0 Å². The van der Waals surface area contributed by atoms with Crippen molar-refractivity contribution in [3.05, 3.63) is 54.4 Å². The van der Waals surface area contributed by atoms with Gasteiger partial charge >= 0.3 is 0 Å². The van der Waals surface area contributed by atoms with Gasteiger partial charge in [0.05, 0.1) is 5.39 Å². The van der Waals surface area contributed by atoms with Crippen LogP contribution in [0.2, 0.25) is 0 Å². The van der Waals surface area contributed by atoms with Crippen molar-refractivity contribution in [2.45, 2.75) is 12.3 Å². The smallest absolute Gasteiger partial charge is 0.166 e. The first kappa shape index (κ1) is 15.8. The van der Waals surface area contributed by atoms with Crippen LogP contribution in [0.1, 0.15) is 17.9 Å². The zero-order valence-corrected chi connectivity index (χ0v) is 13.9. The first-order chi connectivity index (χ1) is 12.3. The number of aliphatic hydroxyl groups is 1. The van der Waals surface area contributed by atoms with Crippen LogP contribution < -0.4 is 10.6 Å². The fourth-order valence-electron chi connectivity index (χ4n) is 3.69. The largest absolute Gasteiger partial charge is 0.396 e. The van der Waals surface area contributed by atoms with Crippen molar-refractivity contribution in [3.8, 4) is 0 Å². The van der Waals surface area contributed by atoms with Gasteiger partial charge in [-0.3, -0.25) is 0 Å². The van der Waals surface area contributed by atoms with Crippen LogP contribution in [0.15, 0.2) is 48.8 Å². The summed E-state index contributed by atoms with van der Waals surface area (Å²) < 4.78 is 0. The van der Waals surface area contributed by atoms with E-state index in [1.165, 1.54) is 5.56 Å². The molecule has 0 saturated carbocycles. The molecule has 3 aromatic rings. The lowest BCUT2D eigenvalue weighted by Gasteiger charge is -2.39. The Morgan fingerprint density at radius 2 is 1.96 bits per heavy atom. The van der Waals surface area contributed by atoms with Gasteiger partial charge in [0, 0.05) is 25.6 Å². The van der Waals surface area contributed by atoms with Gasteiger partial charge in [-0.2, -0.15) is 0 Å². The summed E-state index contributed by atoms with van der Waals surface area (Å²) >= 11 is 0. The molecule has 3 N–H and O–H groups in total. The highest BCUT2D eigenvalue weighted by Crippen LogP contribution is 2.35. The average molecular weight is 335 g/mol. The van der Waals surface area contributed by atoms with E-state index in [0.29, 0.717) is 11.5 Å². The van der Waals surface area contributed by atoms with Gasteiger partial charge in [0.15, 0.2) is 5.65 Å². The van der Waals surface area contributed by atoms with Gasteiger partial charge in [-0.1, -0.05) is 30.3 Å². The number of hydrogen-bond acceptors (Lipinski definition) is 6. The number of nitrogens with zero attached hydrogens (tertiary/aromatic N) is 4. The summed E-state index contributed by atoms with van der Waals surface area (Å²) in [5.74, 6) is 1.88. The number of nitrogens with two attached hydrogens (primary N) is 1. The van der Waals surface area contributed by atoms with Crippen molar-refractivity contribution in [3.63, 3.8) is 0 Å². The molecule has 1 aliphatic rings. The van der Waals surface area contributed by atoms with Gasteiger partial charge in [-0.15, -0.1) is 0 Å². The average Bonchev–Trinajstić information content (AvgIpc) is 2.67. The predicted octanol–water partition coefficient (Wildman–Crippen LogP) is 2.21. The minimum atomic E-state index is 0.204. The number of rotatable bonds is 3. The molecule has 0 amide bonds. The highest BCUT2D eigenvalue weighted by Gasteiger charge is 2.31. The molecule has 1 fully saturated rings. The van der Waals surface area contributed by atoms with E-state index in [4.69, 9.17) is 5.73 Å². The molecule has 0 aliphatic carbocycles. The molecule has 2 unspecified atom stereocenters. The van der Waals surface area contributed by atoms with Gasteiger partial charge in [-0.25, -0.2) is 15.0 Å². The molecular formula is C19H21N5O. The minimum absolute atomic E-state index is 0.204. The first-order valence-corrected chi connectivity index (χ1v) is 8.54. The Morgan fingerprint density at radius 3 is 2.76 bits per heavy atom. The number of hydrogen-bond donors (Lipinski definition) is 2. The van der Waals surface area contributed by atoms with Crippen LogP contribution in [0.4, 0.5) is 11.6 Å². The standard InChI is InChI=1S/C19H21N5O/c20-17-7-6-15-18(23-17)21-12-22-19(15)24-9-8-14(11-25)16(10-24)13-4-2-1-3-5-13/h1-7,12,14,16,25H,8-11H2,(H2,20,21,22,23). The summed E-state index contributed by atoms with van der Waals surface area (Å²) in [4.78, 5) is 15.3. The Balaban J connectivity index is 1.70. The van der Waals surface area contributed by atoms with Crippen LogP contribution in [-0.4, -0.2) is 39.8 Å². The Labute approximate surface area is 146 Å². The molecule has 0 bridgehead atoms. The van der Waals surface area contributed by atoms with Crippen LogP contribution in [0, 0.1) is 5.92 Å². The summed E-state index contributed by atoms with van der Waals surface area (Å²) in [7, 11) is 0. The fraction of sp³-hybridized carbons (Fsp3) is 0.316. The highest BCUT2D eigenvalue weighted by atomic mass is 16.3. The maximum atomic E-state index is 9.81. The van der Waals surface area contributed by atoms with Gasteiger partial charge < -0.3 is 15.7 Å². The van der Waals surface area contributed by atoms with Crippen LogP contribution >= 0.6 is 0 Å². The molecule has 25 heavy (non-hydrogen) atoms. The van der Waals surface area contributed by atoms with Gasteiger partial charge in [0.1, 0.15) is 18.0 Å². The molecule has 2 aromatic heterocycles. The molecule has 4 rings (SSSR count). The Bertz CT molecular complexity index is 870. The van der Waals surface area contributed by atoms with Crippen molar-refractivity contribution in [1.29, 1.82) is 0 Å². The Kier molecular flexibility index (Phi) is 4.19. The summed E-state index contributed by atoms with van der Waals surface area (Å²) in [6, 6.07) is 14.1. The molecule has 2 atom stereocenters. The maximum Gasteiger partial charge on any atom is 0.166 e. The van der Waals surface area contributed by atoms with E-state index in [0.717, 1.165) is 30.7 Å². The number of benzene rings is 1. The van der Waals surface area contributed by atoms with Gasteiger partial charge in [0.2, 0.25) is 0 Å². The number of nitrogen functional groups attached to an aromatic ring is 1. The summed E-state index contributed by atoms with van der Waals surface area (Å²) in [6.45, 7) is 1.87. The first-order valence-electron chi connectivity index (χ1n) is 8.54. The number of anilines is 2. The number of aromatic nitrogens is 3. The predicted molar refractivity (Wildman–Crippen MR) is 98.3 cm³/mol. The number of fused-ring (bicyclic) bond motifs is 1. The second-order valence-corrected chi connectivity index (χ2v) is 6.50. The quantitative estimate of drug-likeness (QED) is 0.763. The fourth-order valence-corrected chi connectivity index (χ4v) is 3.69. The lowest BCUT2D eigenvalue weighted by atomic mass is 9.81. The van der Waals surface area contributed by atoms with Crippen LogP contribution in [0.5, 0.6) is 0 Å². The Hall–Kier alpha value is -2.73. The third-order valence-electron chi connectivity index (χ3n) is 5.02. The van der Waals surface area contributed by atoms with Crippen molar-refractivity contribution < 1.29 is 5.11 Å². The molecule has 1 aliphatic heterocycles. The second kappa shape index (κ2) is 6.64. The van der Waals surface area contributed by atoms with Gasteiger partial charge in [-0.05, 0) is 30.0 Å². The van der Waals surface area contributed by atoms with E-state index in [9.17, 15) is 5.11 Å². The molecule has 6 heteroatoms. The molecule has 0 spiro atoms. The molecule has 0 radical (unpaired) electrons. The maximum absolute atomic E-state index is 9.81. The molecule has 128 valence electrons. The van der Waals surface area contributed by atoms with E-state index < -0.39 is 0 Å². The lowest BCUT2D eigenvalue weighted by molar-refractivity contribution is 0.184. The Morgan fingerprint density at radius 1 is 1.12 bits per heavy atom. The van der Waals surface area contributed by atoms with Crippen LogP contribution in [-0.2, 0) is 0 Å². The van der Waals surface area contributed by atoms with Crippen molar-refractivity contribution in [2.24, 2.45) is 5.92 Å². The molecule has 1 saturated heterocycles. The topological polar surface area (TPSA) is 88.2 Å². The van der Waals surface area contributed by atoms with E-state index >= 15 is 0 Å². The van der Waals surface area contributed by atoms with Crippen molar-refractivity contribution in [2.75, 3.05) is 30.3 Å². The zero-order valence-electron chi connectivity index (χ0n) is 13.9. The summed E-state index contributed by atoms with van der Waals surface area (Å²) in [5.41, 5.74) is 7.65. The number of aliphatic hydroxyl groups excluding tert-OH is 1. The number of pyridine rings is 1. The van der Waals surface area contributed by atoms with E-state index in [1.54, 1.807) is 12.4 Å².